The van der Waals surface area contributed by atoms with Gasteiger partial charge in [0.05, 0.1) is 23.5 Å². The molecule has 0 radical (unpaired) electrons. The van der Waals surface area contributed by atoms with Crippen LogP contribution in [-0.2, 0) is 0 Å². The molecule has 8 heteroatoms. The SMILES string of the molecule is Cc1ccccc1Nc1nc(N2CCN(c3ccc(C#N)cc3)C(C)(C)C2)nc2ncn(C(C)C)c12. The van der Waals surface area contributed by atoms with Crippen LogP contribution in [0.1, 0.15) is 44.9 Å². The van der Waals surface area contributed by atoms with Crippen molar-refractivity contribution < 1.29 is 0 Å². The number of aromatic nitrogens is 4. The lowest BCUT2D eigenvalue weighted by atomic mass is 9.97. The van der Waals surface area contributed by atoms with Crippen LogP contribution in [0, 0.1) is 18.3 Å². The van der Waals surface area contributed by atoms with Crippen molar-refractivity contribution in [1.29, 1.82) is 5.26 Å². The van der Waals surface area contributed by atoms with Crippen molar-refractivity contribution in [3.05, 3.63) is 66.0 Å². The van der Waals surface area contributed by atoms with E-state index >= 15 is 0 Å². The van der Waals surface area contributed by atoms with Gasteiger partial charge in [-0.15, -0.1) is 0 Å². The van der Waals surface area contributed by atoms with Crippen LogP contribution in [0.4, 0.5) is 23.1 Å². The number of nitrogens with one attached hydrogen (secondary N) is 1. The standard InChI is InChI=1S/C28H32N8/c1-19(2)35-18-30-25-24(35)26(31-23-9-7-6-8-20(23)3)33-27(32-25)34-14-15-36(28(4,5)17-34)22-12-10-21(16-29)11-13-22/h6-13,18-19H,14-15,17H2,1-5H3,(H,31,32,33). The van der Waals surface area contributed by atoms with Crippen LogP contribution in [0.2, 0.25) is 0 Å². The number of imidazole rings is 1. The minimum Gasteiger partial charge on any atom is -0.363 e. The van der Waals surface area contributed by atoms with E-state index < -0.39 is 0 Å². The maximum absolute atomic E-state index is 9.14. The van der Waals surface area contributed by atoms with Crippen LogP contribution < -0.4 is 15.1 Å². The molecule has 4 aromatic rings. The number of nitriles is 1. The lowest BCUT2D eigenvalue weighted by molar-refractivity contribution is 0.412. The molecule has 2 aromatic heterocycles. The number of para-hydroxylation sites is 1. The van der Waals surface area contributed by atoms with E-state index in [1.807, 2.05) is 42.7 Å². The molecule has 1 saturated heterocycles. The summed E-state index contributed by atoms with van der Waals surface area (Å²) >= 11 is 0. The molecule has 0 aliphatic carbocycles. The fourth-order valence-electron chi connectivity index (χ4n) is 4.91. The first kappa shape index (κ1) is 23.6. The number of benzene rings is 2. The van der Waals surface area contributed by atoms with Crippen LogP contribution in [0.3, 0.4) is 0 Å². The molecule has 0 unspecified atom stereocenters. The zero-order chi connectivity index (χ0) is 25.4. The molecule has 5 rings (SSSR count). The molecule has 0 bridgehead atoms. The van der Waals surface area contributed by atoms with E-state index in [2.05, 4.69) is 77.5 Å². The maximum atomic E-state index is 9.14. The van der Waals surface area contributed by atoms with Crippen molar-refractivity contribution in [2.45, 2.75) is 46.2 Å². The Labute approximate surface area is 212 Å². The minimum absolute atomic E-state index is 0.161. The van der Waals surface area contributed by atoms with Gasteiger partial charge in [-0.3, -0.25) is 0 Å². The molecule has 0 amide bonds. The van der Waals surface area contributed by atoms with Crippen molar-refractivity contribution in [3.63, 3.8) is 0 Å². The first-order chi connectivity index (χ1) is 17.3. The Kier molecular flexibility index (Phi) is 6.00. The molecule has 0 atom stereocenters. The molecule has 0 saturated carbocycles. The zero-order valence-corrected chi connectivity index (χ0v) is 21.5. The molecule has 0 spiro atoms. The van der Waals surface area contributed by atoms with E-state index in [9.17, 15) is 0 Å². The van der Waals surface area contributed by atoms with Gasteiger partial charge in [-0.2, -0.15) is 15.2 Å². The van der Waals surface area contributed by atoms with Crippen LogP contribution in [0.25, 0.3) is 11.2 Å². The van der Waals surface area contributed by atoms with Crippen LogP contribution >= 0.6 is 0 Å². The predicted octanol–water partition coefficient (Wildman–Crippen LogP) is 5.44. The van der Waals surface area contributed by atoms with Gasteiger partial charge in [-0.1, -0.05) is 18.2 Å². The number of rotatable bonds is 5. The van der Waals surface area contributed by atoms with Crippen molar-refractivity contribution in [2.24, 2.45) is 0 Å². The normalized spacial score (nSPS) is 15.4. The van der Waals surface area contributed by atoms with E-state index in [-0.39, 0.29) is 11.6 Å². The number of fused-ring (bicyclic) bond motifs is 1. The topological polar surface area (TPSA) is 85.9 Å². The maximum Gasteiger partial charge on any atom is 0.229 e. The Morgan fingerprint density at radius 3 is 2.44 bits per heavy atom. The van der Waals surface area contributed by atoms with Gasteiger partial charge >= 0.3 is 0 Å². The number of nitrogens with zero attached hydrogens (tertiary/aromatic N) is 7. The molecule has 3 heterocycles. The highest BCUT2D eigenvalue weighted by Crippen LogP contribution is 2.33. The monoisotopic (exact) mass is 480 g/mol. The van der Waals surface area contributed by atoms with Crippen LogP contribution in [0.15, 0.2) is 54.9 Å². The number of hydrogen-bond acceptors (Lipinski definition) is 7. The van der Waals surface area contributed by atoms with E-state index in [1.165, 1.54) is 0 Å². The summed E-state index contributed by atoms with van der Waals surface area (Å²) in [6, 6.07) is 18.5. The predicted molar refractivity (Wildman–Crippen MR) is 145 cm³/mol. The third-order valence-corrected chi connectivity index (χ3v) is 6.86. The summed E-state index contributed by atoms with van der Waals surface area (Å²) in [5.74, 6) is 1.45. The van der Waals surface area contributed by atoms with E-state index in [0.29, 0.717) is 17.2 Å². The van der Waals surface area contributed by atoms with Crippen molar-refractivity contribution >= 4 is 34.3 Å². The van der Waals surface area contributed by atoms with Crippen molar-refractivity contribution in [2.75, 3.05) is 34.8 Å². The van der Waals surface area contributed by atoms with Gasteiger partial charge in [0, 0.05) is 37.1 Å². The van der Waals surface area contributed by atoms with Crippen molar-refractivity contribution in [3.8, 4) is 6.07 Å². The Morgan fingerprint density at radius 1 is 1.03 bits per heavy atom. The van der Waals surface area contributed by atoms with Crippen LogP contribution in [-0.4, -0.2) is 44.7 Å². The smallest absolute Gasteiger partial charge is 0.229 e. The number of aryl methyl sites for hydroxylation is 1. The quantitative estimate of drug-likeness (QED) is 0.407. The highest BCUT2D eigenvalue weighted by atomic mass is 15.4. The van der Waals surface area contributed by atoms with Crippen molar-refractivity contribution in [1.82, 2.24) is 19.5 Å². The lowest BCUT2D eigenvalue weighted by Crippen LogP contribution is -2.60. The van der Waals surface area contributed by atoms with E-state index in [1.54, 1.807) is 0 Å². The van der Waals surface area contributed by atoms with E-state index in [0.717, 1.165) is 47.9 Å². The molecule has 2 aromatic carbocycles. The largest absolute Gasteiger partial charge is 0.363 e. The summed E-state index contributed by atoms with van der Waals surface area (Å²) in [6.07, 6.45) is 1.85. The number of piperazine rings is 1. The Bertz CT molecular complexity index is 1430. The molecule has 1 aliphatic heterocycles. The minimum atomic E-state index is -0.161. The summed E-state index contributed by atoms with van der Waals surface area (Å²) in [4.78, 5) is 19.2. The molecule has 1 N–H and O–H groups in total. The average molecular weight is 481 g/mol. The second kappa shape index (κ2) is 9.15. The summed E-state index contributed by atoms with van der Waals surface area (Å²) in [5.41, 5.74) is 5.40. The highest BCUT2D eigenvalue weighted by Gasteiger charge is 2.35. The second-order valence-electron chi connectivity index (χ2n) is 10.3. The molecular weight excluding hydrogens is 448 g/mol. The fourth-order valence-corrected chi connectivity index (χ4v) is 4.91. The molecule has 1 fully saturated rings. The van der Waals surface area contributed by atoms with Gasteiger partial charge in [0.15, 0.2) is 11.5 Å². The Morgan fingerprint density at radius 2 is 1.78 bits per heavy atom. The van der Waals surface area contributed by atoms with Gasteiger partial charge in [-0.25, -0.2) is 4.98 Å². The van der Waals surface area contributed by atoms with Gasteiger partial charge in [0.1, 0.15) is 5.52 Å². The summed E-state index contributed by atoms with van der Waals surface area (Å²) in [5, 5.41) is 12.7. The fraction of sp³-hybridized carbons (Fsp3) is 0.357. The highest BCUT2D eigenvalue weighted by molar-refractivity contribution is 5.87. The summed E-state index contributed by atoms with van der Waals surface area (Å²) in [7, 11) is 0. The molecular formula is C28H32N8. The third kappa shape index (κ3) is 4.33. The molecule has 1 aliphatic rings. The van der Waals surface area contributed by atoms with Gasteiger partial charge in [0.25, 0.3) is 0 Å². The Balaban J connectivity index is 1.50. The lowest BCUT2D eigenvalue weighted by Gasteiger charge is -2.48. The number of hydrogen-bond donors (Lipinski definition) is 1. The van der Waals surface area contributed by atoms with E-state index in [4.69, 9.17) is 15.2 Å². The zero-order valence-electron chi connectivity index (χ0n) is 21.5. The van der Waals surface area contributed by atoms with Gasteiger partial charge < -0.3 is 19.7 Å². The molecule has 36 heavy (non-hydrogen) atoms. The second-order valence-corrected chi connectivity index (χ2v) is 10.3. The molecule has 184 valence electrons. The van der Waals surface area contributed by atoms with Gasteiger partial charge in [-0.05, 0) is 70.5 Å². The average Bonchev–Trinajstić information content (AvgIpc) is 3.30. The Hall–Kier alpha value is -4.12. The summed E-state index contributed by atoms with van der Waals surface area (Å²) < 4.78 is 2.12. The van der Waals surface area contributed by atoms with Crippen LogP contribution in [0.5, 0.6) is 0 Å². The molecule has 8 nitrogen and oxygen atoms in total. The first-order valence-corrected chi connectivity index (χ1v) is 12.4. The first-order valence-electron chi connectivity index (χ1n) is 12.4. The summed E-state index contributed by atoms with van der Waals surface area (Å²) in [6.45, 7) is 13.2. The third-order valence-electron chi connectivity index (χ3n) is 6.86. The van der Waals surface area contributed by atoms with Gasteiger partial charge in [0.2, 0.25) is 5.95 Å². The number of anilines is 4.